The third-order valence-electron chi connectivity index (χ3n) is 3.20. The Bertz CT molecular complexity index is 574. The Morgan fingerprint density at radius 2 is 2.11 bits per heavy atom. The monoisotopic (exact) mass is 306 g/mol. The van der Waals surface area contributed by atoms with Gasteiger partial charge in [0, 0.05) is 0 Å². The first kappa shape index (κ1) is 14.4. The summed E-state index contributed by atoms with van der Waals surface area (Å²) in [5.74, 6) is -1.38. The maximum absolute atomic E-state index is 12.2. The van der Waals surface area contributed by atoms with Gasteiger partial charge in [0.2, 0.25) is 0 Å². The maximum atomic E-state index is 12.2. The zero-order valence-corrected chi connectivity index (χ0v) is 11.6. The molecule has 1 aliphatic carbocycles. The molecule has 0 saturated heterocycles. The lowest BCUT2D eigenvalue weighted by Gasteiger charge is -2.27. The number of hydrogen-bond donors (Lipinski definition) is 3. The van der Waals surface area contributed by atoms with Crippen LogP contribution >= 0.6 is 11.3 Å². The number of thiazole rings is 1. The van der Waals surface area contributed by atoms with Gasteiger partial charge in [-0.1, -0.05) is 12.8 Å². The molecule has 1 aromatic heterocycles. The normalized spacial score (nSPS) is 18.6. The van der Waals surface area contributed by atoms with Crippen LogP contribution in [0.4, 0.5) is 0 Å². The van der Waals surface area contributed by atoms with E-state index >= 15 is 0 Å². The number of aliphatic hydroxyl groups is 1. The minimum absolute atomic E-state index is 0.298. The topological polar surface area (TPSA) is 117 Å². The quantitative estimate of drug-likeness (QED) is 0.726. The molecular weight excluding hydrogens is 292 g/mol. The summed E-state index contributed by atoms with van der Waals surface area (Å²) in [6, 6.07) is 0. The van der Waals surface area contributed by atoms with E-state index in [1.165, 1.54) is 5.51 Å². The van der Waals surface area contributed by atoms with Crippen molar-refractivity contribution in [2.45, 2.75) is 35.4 Å². The second-order valence-electron chi connectivity index (χ2n) is 4.54. The van der Waals surface area contributed by atoms with E-state index in [4.69, 9.17) is 5.11 Å². The summed E-state index contributed by atoms with van der Waals surface area (Å²) in [4.78, 5) is 14.5. The molecule has 7 nitrogen and oxygen atoms in total. The number of aromatic carboxylic acids is 1. The third-order valence-corrected chi connectivity index (χ3v) is 6.14. The van der Waals surface area contributed by atoms with E-state index in [0.29, 0.717) is 12.8 Å². The molecular formula is C10H14N2O5S2. The summed E-state index contributed by atoms with van der Waals surface area (Å²) in [6.07, 6.45) is 2.75. The number of carbonyl (C=O) groups is 1. The van der Waals surface area contributed by atoms with Crippen LogP contribution < -0.4 is 4.72 Å². The van der Waals surface area contributed by atoms with Crippen molar-refractivity contribution >= 4 is 27.3 Å². The summed E-state index contributed by atoms with van der Waals surface area (Å²) < 4.78 is 26.6. The Labute approximate surface area is 114 Å². The molecule has 2 rings (SSSR count). The zero-order valence-electron chi connectivity index (χ0n) is 10.00. The number of nitrogens with zero attached hydrogens (tertiary/aromatic N) is 1. The summed E-state index contributed by atoms with van der Waals surface area (Å²) in [5.41, 5.74) is -0.180. The van der Waals surface area contributed by atoms with Gasteiger partial charge in [0.15, 0.2) is 9.90 Å². The SMILES string of the molecule is O=C(O)c1ncsc1S(=O)(=O)NC1(CO)CCCC1. The van der Waals surface area contributed by atoms with Gasteiger partial charge in [-0.3, -0.25) is 0 Å². The van der Waals surface area contributed by atoms with Gasteiger partial charge >= 0.3 is 5.97 Å². The summed E-state index contributed by atoms with van der Waals surface area (Å²) >= 11 is 0.753. The number of sulfonamides is 1. The molecule has 3 N–H and O–H groups in total. The minimum Gasteiger partial charge on any atom is -0.476 e. The Morgan fingerprint density at radius 1 is 1.47 bits per heavy atom. The van der Waals surface area contributed by atoms with Gasteiger partial charge in [0.05, 0.1) is 17.7 Å². The van der Waals surface area contributed by atoms with E-state index in [0.717, 1.165) is 24.2 Å². The number of rotatable bonds is 5. The average molecular weight is 306 g/mol. The molecule has 1 saturated carbocycles. The number of carboxylic acids is 1. The number of nitrogens with one attached hydrogen (secondary N) is 1. The lowest BCUT2D eigenvalue weighted by Crippen LogP contribution is -2.49. The standard InChI is InChI=1S/C10H14N2O5S2/c13-5-10(3-1-2-4-10)12-19(16,17)9-7(8(14)15)11-6-18-9/h6,12-13H,1-5H2,(H,14,15). The molecule has 1 aromatic rings. The Morgan fingerprint density at radius 3 is 2.63 bits per heavy atom. The van der Waals surface area contributed by atoms with E-state index in [2.05, 4.69) is 9.71 Å². The van der Waals surface area contributed by atoms with Crippen LogP contribution in [0, 0.1) is 0 Å². The van der Waals surface area contributed by atoms with Crippen molar-refractivity contribution in [1.82, 2.24) is 9.71 Å². The fourth-order valence-corrected chi connectivity index (χ4v) is 4.84. The molecule has 0 radical (unpaired) electrons. The smallest absolute Gasteiger partial charge is 0.356 e. The summed E-state index contributed by atoms with van der Waals surface area (Å²) in [7, 11) is -3.98. The number of carboxylic acid groups (broad SMARTS) is 1. The molecule has 106 valence electrons. The highest BCUT2D eigenvalue weighted by Crippen LogP contribution is 2.32. The molecule has 0 unspecified atom stereocenters. The third kappa shape index (κ3) is 2.78. The van der Waals surface area contributed by atoms with Crippen molar-refractivity contribution in [2.24, 2.45) is 0 Å². The van der Waals surface area contributed by atoms with Gasteiger partial charge < -0.3 is 10.2 Å². The van der Waals surface area contributed by atoms with Crippen molar-refractivity contribution in [3.05, 3.63) is 11.2 Å². The molecule has 0 atom stereocenters. The van der Waals surface area contributed by atoms with Crippen molar-refractivity contribution in [2.75, 3.05) is 6.61 Å². The van der Waals surface area contributed by atoms with Gasteiger partial charge in [-0.2, -0.15) is 0 Å². The van der Waals surface area contributed by atoms with Crippen LogP contribution in [0.15, 0.2) is 9.72 Å². The fourth-order valence-electron chi connectivity index (χ4n) is 2.24. The van der Waals surface area contributed by atoms with Crippen LogP contribution in [0.5, 0.6) is 0 Å². The Kier molecular flexibility index (Phi) is 3.90. The minimum atomic E-state index is -3.98. The van der Waals surface area contributed by atoms with Crippen LogP contribution in [-0.4, -0.2) is 41.7 Å². The molecule has 0 aliphatic heterocycles. The molecule has 19 heavy (non-hydrogen) atoms. The highest BCUT2D eigenvalue weighted by molar-refractivity contribution is 7.91. The van der Waals surface area contributed by atoms with Crippen molar-refractivity contribution in [1.29, 1.82) is 0 Å². The van der Waals surface area contributed by atoms with Gasteiger partial charge in [0.25, 0.3) is 10.0 Å². The first-order valence-electron chi connectivity index (χ1n) is 5.72. The lowest BCUT2D eigenvalue weighted by molar-refractivity contribution is 0.0687. The van der Waals surface area contributed by atoms with E-state index in [-0.39, 0.29) is 10.8 Å². The first-order chi connectivity index (χ1) is 8.90. The zero-order chi connectivity index (χ0) is 14.1. The van der Waals surface area contributed by atoms with Crippen LogP contribution in [0.2, 0.25) is 0 Å². The van der Waals surface area contributed by atoms with E-state index < -0.39 is 27.2 Å². The average Bonchev–Trinajstić information content (AvgIpc) is 2.96. The van der Waals surface area contributed by atoms with Crippen molar-refractivity contribution in [3.8, 4) is 0 Å². The molecule has 0 aromatic carbocycles. The highest BCUT2D eigenvalue weighted by Gasteiger charge is 2.39. The van der Waals surface area contributed by atoms with Crippen LogP contribution in [0.1, 0.15) is 36.2 Å². The first-order valence-corrected chi connectivity index (χ1v) is 8.08. The van der Waals surface area contributed by atoms with Crippen molar-refractivity contribution < 1.29 is 23.4 Å². The second kappa shape index (κ2) is 5.16. The van der Waals surface area contributed by atoms with E-state index in [9.17, 15) is 18.3 Å². The molecule has 1 heterocycles. The van der Waals surface area contributed by atoms with Crippen LogP contribution in [0.25, 0.3) is 0 Å². The molecule has 0 amide bonds. The number of aliphatic hydroxyl groups excluding tert-OH is 1. The Hall–Kier alpha value is -1.03. The van der Waals surface area contributed by atoms with Gasteiger partial charge in [-0.05, 0) is 12.8 Å². The lowest BCUT2D eigenvalue weighted by atomic mass is 10.0. The van der Waals surface area contributed by atoms with Gasteiger partial charge in [-0.15, -0.1) is 11.3 Å². The molecule has 0 spiro atoms. The Balaban J connectivity index is 2.32. The van der Waals surface area contributed by atoms with Gasteiger partial charge in [0.1, 0.15) is 0 Å². The van der Waals surface area contributed by atoms with E-state index in [1.807, 2.05) is 0 Å². The fraction of sp³-hybridized carbons (Fsp3) is 0.600. The second-order valence-corrected chi connectivity index (χ2v) is 7.28. The largest absolute Gasteiger partial charge is 0.476 e. The van der Waals surface area contributed by atoms with Crippen LogP contribution in [-0.2, 0) is 10.0 Å². The predicted octanol–water partition coefficient (Wildman–Crippen LogP) is 0.425. The van der Waals surface area contributed by atoms with Crippen molar-refractivity contribution in [3.63, 3.8) is 0 Å². The molecule has 9 heteroatoms. The van der Waals surface area contributed by atoms with Crippen LogP contribution in [0.3, 0.4) is 0 Å². The summed E-state index contributed by atoms with van der Waals surface area (Å²) in [6.45, 7) is -0.298. The predicted molar refractivity (Wildman–Crippen MR) is 67.7 cm³/mol. The molecule has 0 bridgehead atoms. The highest BCUT2D eigenvalue weighted by atomic mass is 32.2. The van der Waals surface area contributed by atoms with Gasteiger partial charge in [-0.25, -0.2) is 22.9 Å². The number of hydrogen-bond acceptors (Lipinski definition) is 6. The summed E-state index contributed by atoms with van der Waals surface area (Å²) in [5, 5.41) is 18.3. The molecule has 1 aliphatic rings. The maximum Gasteiger partial charge on any atom is 0.356 e. The molecule has 1 fully saturated rings. The van der Waals surface area contributed by atoms with E-state index in [1.54, 1.807) is 0 Å². The number of aromatic nitrogens is 1.